The Morgan fingerprint density at radius 3 is 1.55 bits per heavy atom. The highest BCUT2D eigenvalue weighted by molar-refractivity contribution is 7.66. The van der Waals surface area contributed by atoms with Crippen LogP contribution in [-0.4, -0.2) is 29.6 Å². The third-order valence-electron chi connectivity index (χ3n) is 2.00. The summed E-state index contributed by atoms with van der Waals surface area (Å²) in [5.74, 6) is 0.384. The zero-order valence-corrected chi connectivity index (χ0v) is 14.0. The maximum Gasteiger partial charge on any atom is 0.490 e. The van der Waals surface area contributed by atoms with E-state index in [2.05, 4.69) is 8.62 Å². The van der Waals surface area contributed by atoms with Gasteiger partial charge in [0, 0.05) is 0 Å². The molecule has 0 heterocycles. The Kier molecular flexibility index (Phi) is 7.61. The summed E-state index contributed by atoms with van der Waals surface area (Å²) in [6, 6.07) is 5.52. The van der Waals surface area contributed by atoms with E-state index in [1.807, 2.05) is 26.0 Å². The molecule has 0 saturated carbocycles. The van der Waals surface area contributed by atoms with Gasteiger partial charge in [-0.15, -0.1) is 0 Å². The van der Waals surface area contributed by atoms with Crippen molar-refractivity contribution in [1.29, 1.82) is 0 Å². The number of aromatic hydroxyl groups is 1. The van der Waals surface area contributed by atoms with Crippen molar-refractivity contribution in [2.75, 3.05) is 0 Å². The molecule has 0 aliphatic carbocycles. The van der Waals surface area contributed by atoms with E-state index in [9.17, 15) is 13.7 Å². The lowest BCUT2D eigenvalue weighted by Crippen LogP contribution is -1.91. The third-order valence-corrected chi connectivity index (χ3v) is 5.35. The average Bonchev–Trinajstić information content (AvgIpc) is 2.19. The van der Waals surface area contributed by atoms with Crippen LogP contribution in [0.3, 0.4) is 0 Å². The van der Waals surface area contributed by atoms with Crippen LogP contribution in [0.5, 0.6) is 5.75 Å². The van der Waals surface area contributed by atoms with Crippen molar-refractivity contribution >= 4 is 23.5 Å². The Morgan fingerprint density at radius 2 is 1.27 bits per heavy atom. The van der Waals surface area contributed by atoms with Crippen molar-refractivity contribution in [3.63, 3.8) is 0 Å². The summed E-state index contributed by atoms with van der Waals surface area (Å²) in [4.78, 5) is 40.2. The summed E-state index contributed by atoms with van der Waals surface area (Å²) in [7, 11) is -16.2. The van der Waals surface area contributed by atoms with Gasteiger partial charge in [0.25, 0.3) is 0 Å². The maximum absolute atomic E-state index is 10.4. The largest absolute Gasteiger partial charge is 0.508 e. The van der Waals surface area contributed by atoms with Crippen molar-refractivity contribution in [3.8, 4) is 5.75 Å². The number of hydrogen-bond acceptors (Lipinski definition) is 6. The lowest BCUT2D eigenvalue weighted by atomic mass is 10.1. The molecular formula is C8H15O11P3. The van der Waals surface area contributed by atoms with Crippen LogP contribution in [0.2, 0.25) is 0 Å². The minimum absolute atomic E-state index is 0.384. The van der Waals surface area contributed by atoms with Crippen LogP contribution in [0.1, 0.15) is 11.1 Å². The zero-order valence-electron chi connectivity index (χ0n) is 11.3. The standard InChI is InChI=1S/C8H10O.H5O10P3/c1-6-4-3-5-8(9)7(6)2;1-11(2,3)9-13(7,8)10-12(4,5)6/h3-5,9H,1-2H3;(H,7,8)(H2,1,2,3)(H2,4,5,6). The molecule has 0 atom stereocenters. The molecule has 128 valence electrons. The van der Waals surface area contributed by atoms with Gasteiger partial charge in [0.15, 0.2) is 0 Å². The smallest absolute Gasteiger partial charge is 0.490 e. The zero-order chi connectivity index (χ0) is 17.8. The summed E-state index contributed by atoms with van der Waals surface area (Å²) in [5.41, 5.74) is 2.10. The fourth-order valence-electron chi connectivity index (χ4n) is 1.02. The van der Waals surface area contributed by atoms with E-state index in [1.54, 1.807) is 6.07 Å². The first-order valence-electron chi connectivity index (χ1n) is 5.25. The minimum Gasteiger partial charge on any atom is -0.508 e. The van der Waals surface area contributed by atoms with Crippen LogP contribution in [0.25, 0.3) is 0 Å². The maximum atomic E-state index is 10.4. The van der Waals surface area contributed by atoms with E-state index < -0.39 is 23.5 Å². The van der Waals surface area contributed by atoms with Crippen LogP contribution in [-0.2, 0) is 22.3 Å². The molecule has 0 bridgehead atoms. The molecule has 0 aromatic heterocycles. The molecule has 11 nitrogen and oxygen atoms in total. The number of phosphoric acid groups is 3. The number of benzene rings is 1. The van der Waals surface area contributed by atoms with Crippen LogP contribution in [0, 0.1) is 13.8 Å². The molecule has 1 aromatic rings. The molecule has 0 fully saturated rings. The predicted octanol–water partition coefficient (Wildman–Crippen LogP) is 1.31. The van der Waals surface area contributed by atoms with Gasteiger partial charge in [0.2, 0.25) is 0 Å². The number of hydrogen-bond donors (Lipinski definition) is 6. The lowest BCUT2D eigenvalue weighted by molar-refractivity contribution is 0.204. The first-order chi connectivity index (χ1) is 9.63. The highest BCUT2D eigenvalue weighted by Crippen LogP contribution is 2.64. The Bertz CT molecular complexity index is 596. The highest BCUT2D eigenvalue weighted by atomic mass is 31.3. The van der Waals surface area contributed by atoms with E-state index in [-0.39, 0.29) is 0 Å². The number of phenols is 1. The van der Waals surface area contributed by atoms with Crippen LogP contribution in [0.15, 0.2) is 18.2 Å². The molecule has 0 aliphatic rings. The topological polar surface area (TPSA) is 191 Å². The Morgan fingerprint density at radius 1 is 0.864 bits per heavy atom. The number of aryl methyl sites for hydroxylation is 1. The average molecular weight is 380 g/mol. The van der Waals surface area contributed by atoms with Gasteiger partial charge in [-0.25, -0.2) is 13.7 Å². The van der Waals surface area contributed by atoms with E-state index in [0.717, 1.165) is 11.1 Å². The molecule has 0 spiro atoms. The third kappa shape index (κ3) is 10.2. The molecule has 14 heteroatoms. The molecule has 0 aliphatic heterocycles. The summed E-state index contributed by atoms with van der Waals surface area (Å²) in [5, 5.41) is 9.10. The predicted molar refractivity (Wildman–Crippen MR) is 73.7 cm³/mol. The second-order valence-corrected chi connectivity index (χ2v) is 8.04. The van der Waals surface area contributed by atoms with E-state index >= 15 is 0 Å². The fourth-order valence-corrected chi connectivity index (χ4v) is 3.56. The summed E-state index contributed by atoms with van der Waals surface area (Å²) in [6.45, 7) is 3.89. The number of phenolic OH excluding ortho intramolecular Hbond substituents is 1. The Hall–Kier alpha value is -0.570. The first kappa shape index (κ1) is 21.4. The Labute approximate surface area is 125 Å². The minimum atomic E-state index is -5.46. The van der Waals surface area contributed by atoms with Crippen molar-refractivity contribution in [2.24, 2.45) is 0 Å². The molecule has 0 saturated heterocycles. The first-order valence-corrected chi connectivity index (χ1v) is 9.80. The molecule has 6 N–H and O–H groups in total. The van der Waals surface area contributed by atoms with Crippen molar-refractivity contribution in [2.45, 2.75) is 13.8 Å². The lowest BCUT2D eigenvalue weighted by Gasteiger charge is -2.11. The quantitative estimate of drug-likeness (QED) is 0.413. The molecular weight excluding hydrogens is 365 g/mol. The van der Waals surface area contributed by atoms with Gasteiger partial charge in [-0.1, -0.05) is 12.1 Å². The summed E-state index contributed by atoms with van der Waals surface area (Å²) < 4.78 is 36.4. The number of rotatable bonds is 4. The summed E-state index contributed by atoms with van der Waals surface area (Å²) in [6.07, 6.45) is 0. The van der Waals surface area contributed by atoms with Crippen LogP contribution in [0.4, 0.5) is 0 Å². The van der Waals surface area contributed by atoms with E-state index in [4.69, 9.17) is 29.6 Å². The van der Waals surface area contributed by atoms with Gasteiger partial charge in [-0.3, -0.25) is 0 Å². The van der Waals surface area contributed by atoms with Gasteiger partial charge < -0.3 is 29.6 Å². The summed E-state index contributed by atoms with van der Waals surface area (Å²) >= 11 is 0. The molecule has 1 aromatic carbocycles. The van der Waals surface area contributed by atoms with Gasteiger partial charge in [0.05, 0.1) is 0 Å². The van der Waals surface area contributed by atoms with Crippen molar-refractivity contribution in [1.82, 2.24) is 0 Å². The molecule has 0 radical (unpaired) electrons. The Balaban J connectivity index is 0.000000425. The molecule has 0 unspecified atom stereocenters. The van der Waals surface area contributed by atoms with Gasteiger partial charge in [0.1, 0.15) is 5.75 Å². The van der Waals surface area contributed by atoms with Crippen molar-refractivity contribution in [3.05, 3.63) is 29.3 Å². The van der Waals surface area contributed by atoms with E-state index in [0.29, 0.717) is 5.75 Å². The monoisotopic (exact) mass is 380 g/mol. The van der Waals surface area contributed by atoms with E-state index in [1.165, 1.54) is 0 Å². The van der Waals surface area contributed by atoms with Gasteiger partial charge >= 0.3 is 23.5 Å². The van der Waals surface area contributed by atoms with Crippen LogP contribution >= 0.6 is 23.5 Å². The molecule has 1 rings (SSSR count). The SMILES string of the molecule is Cc1cccc(O)c1C.O=P(O)(O)OP(=O)(O)OP(=O)(O)O. The highest BCUT2D eigenvalue weighted by Gasteiger charge is 2.38. The molecule has 0 amide bonds. The van der Waals surface area contributed by atoms with Crippen molar-refractivity contribution < 1.29 is 51.9 Å². The van der Waals surface area contributed by atoms with Crippen LogP contribution < -0.4 is 0 Å². The van der Waals surface area contributed by atoms with Gasteiger partial charge in [-0.05, 0) is 31.0 Å². The fraction of sp³-hybridized carbons (Fsp3) is 0.250. The second-order valence-electron chi connectivity index (χ2n) is 3.83. The molecule has 22 heavy (non-hydrogen) atoms. The second kappa shape index (κ2) is 7.81. The normalized spacial score (nSPS) is 12.5. The van der Waals surface area contributed by atoms with Gasteiger partial charge in [-0.2, -0.15) is 8.62 Å².